The number of rotatable bonds is 11. The first kappa shape index (κ1) is 21.8. The summed E-state index contributed by atoms with van der Waals surface area (Å²) < 4.78 is 5.61. The molecule has 2 saturated carbocycles. The van der Waals surface area contributed by atoms with Gasteiger partial charge in [-0.15, -0.1) is 0 Å². The number of aliphatic hydroxyl groups is 1. The van der Waals surface area contributed by atoms with Crippen LogP contribution in [0.25, 0.3) is 0 Å². The van der Waals surface area contributed by atoms with Crippen molar-refractivity contribution in [3.8, 4) is 0 Å². The molecule has 2 aliphatic rings. The van der Waals surface area contributed by atoms with Crippen LogP contribution in [-0.2, 0) is 4.74 Å². The van der Waals surface area contributed by atoms with Gasteiger partial charge in [-0.25, -0.2) is 0 Å². The molecule has 0 aromatic rings. The van der Waals surface area contributed by atoms with Crippen LogP contribution in [0.5, 0.6) is 0 Å². The molecule has 0 spiro atoms. The number of hydrogen-bond donors (Lipinski definition) is 3. The summed E-state index contributed by atoms with van der Waals surface area (Å²) in [4.78, 5) is 4.90. The quantitative estimate of drug-likeness (QED) is 0.290. The summed E-state index contributed by atoms with van der Waals surface area (Å²) in [5.74, 6) is 1.90. The lowest BCUT2D eigenvalue weighted by atomic mass is 9.79. The van der Waals surface area contributed by atoms with Gasteiger partial charge in [-0.2, -0.15) is 11.8 Å². The highest BCUT2D eigenvalue weighted by atomic mass is 32.2. The van der Waals surface area contributed by atoms with Gasteiger partial charge >= 0.3 is 0 Å². The molecule has 5 nitrogen and oxygen atoms in total. The van der Waals surface area contributed by atoms with E-state index in [-0.39, 0.29) is 0 Å². The molecule has 152 valence electrons. The molecule has 3 N–H and O–H groups in total. The van der Waals surface area contributed by atoms with Gasteiger partial charge in [0.25, 0.3) is 0 Å². The van der Waals surface area contributed by atoms with Gasteiger partial charge in [-0.05, 0) is 57.1 Å². The zero-order chi connectivity index (χ0) is 18.9. The van der Waals surface area contributed by atoms with Gasteiger partial charge in [0.1, 0.15) is 0 Å². The minimum atomic E-state index is -0.586. The molecule has 0 radical (unpaired) electrons. The minimum absolute atomic E-state index is 0.297. The van der Waals surface area contributed by atoms with Gasteiger partial charge in [0.2, 0.25) is 0 Å². The second kappa shape index (κ2) is 10.8. The van der Waals surface area contributed by atoms with Crippen molar-refractivity contribution in [2.45, 2.75) is 76.6 Å². The predicted molar refractivity (Wildman–Crippen MR) is 112 cm³/mol. The van der Waals surface area contributed by atoms with Crippen LogP contribution in [-0.4, -0.2) is 60.5 Å². The average molecular weight is 386 g/mol. The molecule has 0 aromatic carbocycles. The largest absolute Gasteiger partial charge is 0.387 e. The summed E-state index contributed by atoms with van der Waals surface area (Å²) in [6, 6.07) is 0. The zero-order valence-corrected chi connectivity index (χ0v) is 17.8. The molecule has 0 amide bonds. The summed E-state index contributed by atoms with van der Waals surface area (Å²) in [7, 11) is 0. The van der Waals surface area contributed by atoms with Crippen LogP contribution >= 0.6 is 11.8 Å². The fraction of sp³-hybridized carbons (Fsp3) is 0.950. The SMILES string of the molecule is CCNC(=NCC1(CCOCC)CCCC1)NCC1(O)CCC1SCC. The number of aliphatic imine (C=N–C) groups is 1. The van der Waals surface area contributed by atoms with E-state index >= 15 is 0 Å². The zero-order valence-electron chi connectivity index (χ0n) is 17.0. The van der Waals surface area contributed by atoms with Crippen molar-refractivity contribution in [2.24, 2.45) is 10.4 Å². The lowest BCUT2D eigenvalue weighted by Crippen LogP contribution is -2.58. The van der Waals surface area contributed by atoms with Crippen LogP contribution in [0.15, 0.2) is 4.99 Å². The van der Waals surface area contributed by atoms with E-state index in [2.05, 4.69) is 31.4 Å². The number of ether oxygens (including phenoxy) is 1. The highest BCUT2D eigenvalue weighted by Gasteiger charge is 2.45. The Kier molecular flexibility index (Phi) is 9.04. The molecule has 2 unspecified atom stereocenters. The van der Waals surface area contributed by atoms with Crippen LogP contribution < -0.4 is 10.6 Å². The van der Waals surface area contributed by atoms with Crippen molar-refractivity contribution in [3.63, 3.8) is 0 Å². The summed E-state index contributed by atoms with van der Waals surface area (Å²) >= 11 is 1.87. The first-order valence-corrected chi connectivity index (χ1v) is 11.6. The second-order valence-electron chi connectivity index (χ2n) is 7.79. The van der Waals surface area contributed by atoms with E-state index in [1.165, 1.54) is 25.7 Å². The standard InChI is InChI=1S/C20H39N3O2S/c1-4-21-18(23-16-20(24)12-9-17(20)26-6-3)22-15-19(10-7-8-11-19)13-14-25-5-2/h17,24H,4-16H2,1-3H3,(H2,21,22,23). The third kappa shape index (κ3) is 6.03. The molecule has 2 aliphatic carbocycles. The van der Waals surface area contributed by atoms with Crippen molar-refractivity contribution in [1.82, 2.24) is 10.6 Å². The Labute approximate surface area is 164 Å². The van der Waals surface area contributed by atoms with E-state index in [1.807, 2.05) is 11.8 Å². The molecule has 2 rings (SSSR count). The molecule has 0 bridgehead atoms. The number of thioether (sulfide) groups is 1. The molecule has 0 heterocycles. The van der Waals surface area contributed by atoms with Crippen molar-refractivity contribution in [2.75, 3.05) is 38.6 Å². The van der Waals surface area contributed by atoms with E-state index in [4.69, 9.17) is 9.73 Å². The third-order valence-electron chi connectivity index (χ3n) is 5.93. The maximum Gasteiger partial charge on any atom is 0.191 e. The lowest BCUT2D eigenvalue weighted by Gasteiger charge is -2.45. The maximum absolute atomic E-state index is 10.8. The van der Waals surface area contributed by atoms with Gasteiger partial charge in [0, 0.05) is 38.1 Å². The third-order valence-corrected chi connectivity index (χ3v) is 7.34. The molecule has 2 atom stereocenters. The Hall–Kier alpha value is -0.460. The number of hydrogen-bond acceptors (Lipinski definition) is 4. The molecule has 0 saturated heterocycles. The van der Waals surface area contributed by atoms with Crippen LogP contribution in [0.1, 0.15) is 65.7 Å². The number of nitrogens with zero attached hydrogens (tertiary/aromatic N) is 1. The van der Waals surface area contributed by atoms with E-state index in [0.29, 0.717) is 17.2 Å². The van der Waals surface area contributed by atoms with Crippen LogP contribution in [0.3, 0.4) is 0 Å². The Balaban J connectivity index is 1.90. The lowest BCUT2D eigenvalue weighted by molar-refractivity contribution is -0.0198. The molecule has 0 aliphatic heterocycles. The predicted octanol–water partition coefficient (Wildman–Crippen LogP) is 3.18. The summed E-state index contributed by atoms with van der Waals surface area (Å²) in [5, 5.41) is 17.9. The van der Waals surface area contributed by atoms with Crippen molar-refractivity contribution in [1.29, 1.82) is 0 Å². The number of guanidine groups is 1. The fourth-order valence-electron chi connectivity index (χ4n) is 4.11. The van der Waals surface area contributed by atoms with Gasteiger partial charge in [0.05, 0.1) is 5.60 Å². The Morgan fingerprint density at radius 1 is 1.19 bits per heavy atom. The van der Waals surface area contributed by atoms with Gasteiger partial charge in [-0.1, -0.05) is 19.8 Å². The van der Waals surface area contributed by atoms with Gasteiger partial charge in [-0.3, -0.25) is 4.99 Å². The van der Waals surface area contributed by atoms with E-state index in [9.17, 15) is 5.11 Å². The van der Waals surface area contributed by atoms with Crippen molar-refractivity contribution >= 4 is 17.7 Å². The van der Waals surface area contributed by atoms with Crippen molar-refractivity contribution in [3.05, 3.63) is 0 Å². The van der Waals surface area contributed by atoms with E-state index < -0.39 is 5.60 Å². The highest BCUT2D eigenvalue weighted by Crippen LogP contribution is 2.42. The Morgan fingerprint density at radius 2 is 1.96 bits per heavy atom. The molecule has 26 heavy (non-hydrogen) atoms. The van der Waals surface area contributed by atoms with Crippen LogP contribution in [0.2, 0.25) is 0 Å². The monoisotopic (exact) mass is 385 g/mol. The summed E-state index contributed by atoms with van der Waals surface area (Å²) in [5.41, 5.74) is -0.289. The summed E-state index contributed by atoms with van der Waals surface area (Å²) in [6.45, 7) is 10.2. The minimum Gasteiger partial charge on any atom is -0.387 e. The second-order valence-corrected chi connectivity index (χ2v) is 9.27. The molecule has 6 heteroatoms. The number of nitrogens with one attached hydrogen (secondary N) is 2. The Morgan fingerprint density at radius 3 is 2.54 bits per heavy atom. The molecule has 0 aromatic heterocycles. The maximum atomic E-state index is 10.8. The topological polar surface area (TPSA) is 65.9 Å². The average Bonchev–Trinajstić information content (AvgIpc) is 3.10. The molecule has 2 fully saturated rings. The first-order valence-electron chi connectivity index (χ1n) is 10.5. The highest BCUT2D eigenvalue weighted by molar-refractivity contribution is 8.00. The smallest absolute Gasteiger partial charge is 0.191 e. The molecular weight excluding hydrogens is 346 g/mol. The van der Waals surface area contributed by atoms with Gasteiger partial charge < -0.3 is 20.5 Å². The van der Waals surface area contributed by atoms with Crippen molar-refractivity contribution < 1.29 is 9.84 Å². The summed E-state index contributed by atoms with van der Waals surface area (Å²) in [6.07, 6.45) is 8.22. The first-order chi connectivity index (χ1) is 12.6. The van der Waals surface area contributed by atoms with Crippen LogP contribution in [0.4, 0.5) is 0 Å². The molecular formula is C20H39N3O2S. The van der Waals surface area contributed by atoms with E-state index in [1.54, 1.807) is 0 Å². The van der Waals surface area contributed by atoms with Crippen LogP contribution in [0, 0.1) is 5.41 Å². The fourth-order valence-corrected chi connectivity index (χ4v) is 5.31. The van der Waals surface area contributed by atoms with Gasteiger partial charge in [0.15, 0.2) is 5.96 Å². The normalized spacial score (nSPS) is 28.0. The van der Waals surface area contributed by atoms with E-state index in [0.717, 1.165) is 57.3 Å². The Bertz CT molecular complexity index is 441.